The summed E-state index contributed by atoms with van der Waals surface area (Å²) in [7, 11) is -2.73. The molecule has 9 heteroatoms. The highest BCUT2D eigenvalue weighted by Gasteiger charge is 2.37. The molecule has 0 spiro atoms. The monoisotopic (exact) mass is 317 g/mol. The molecule has 1 aromatic rings. The van der Waals surface area contributed by atoms with Gasteiger partial charge in [0.25, 0.3) is 0 Å². The van der Waals surface area contributed by atoms with Gasteiger partial charge in [0.15, 0.2) is 0 Å². The molecule has 1 N–H and O–H groups in total. The zero-order valence-electron chi connectivity index (χ0n) is 11.5. The summed E-state index contributed by atoms with van der Waals surface area (Å²) in [5, 5.41) is 8.93. The smallest absolute Gasteiger partial charge is 0.373 e. The molecule has 1 atom stereocenters. The van der Waals surface area contributed by atoms with Gasteiger partial charge in [0.2, 0.25) is 15.8 Å². The molecule has 1 saturated heterocycles. The highest BCUT2D eigenvalue weighted by atomic mass is 32.2. The van der Waals surface area contributed by atoms with E-state index in [0.717, 1.165) is 17.5 Å². The lowest BCUT2D eigenvalue weighted by Crippen LogP contribution is -2.30. The molecular formula is C12H15NO7S. The van der Waals surface area contributed by atoms with Crippen LogP contribution in [0.5, 0.6) is 0 Å². The third-order valence-electron chi connectivity index (χ3n) is 3.38. The number of hydrogen-bond donors (Lipinski definition) is 1. The van der Waals surface area contributed by atoms with Gasteiger partial charge in [-0.3, -0.25) is 4.79 Å². The SMILES string of the molecule is COC(=O)c1cc(S(=O)(=O)N2CCC(C(=O)O)C2)c(C)o1. The Balaban J connectivity index is 2.31. The topological polar surface area (TPSA) is 114 Å². The van der Waals surface area contributed by atoms with Crippen LogP contribution in [0.3, 0.4) is 0 Å². The molecule has 1 unspecified atom stereocenters. The molecule has 116 valence electrons. The molecule has 8 nitrogen and oxygen atoms in total. The van der Waals surface area contributed by atoms with Crippen LogP contribution >= 0.6 is 0 Å². The fourth-order valence-electron chi connectivity index (χ4n) is 2.21. The Bertz CT molecular complexity index is 676. The summed E-state index contributed by atoms with van der Waals surface area (Å²) in [6.45, 7) is 1.46. The van der Waals surface area contributed by atoms with Gasteiger partial charge in [-0.15, -0.1) is 0 Å². The van der Waals surface area contributed by atoms with Crippen molar-refractivity contribution in [1.29, 1.82) is 0 Å². The number of hydrogen-bond acceptors (Lipinski definition) is 6. The normalized spacial score (nSPS) is 19.6. The van der Waals surface area contributed by atoms with Gasteiger partial charge in [-0.05, 0) is 13.3 Å². The quantitative estimate of drug-likeness (QED) is 0.803. The van der Waals surface area contributed by atoms with Crippen LogP contribution in [0.1, 0.15) is 22.7 Å². The number of methoxy groups -OCH3 is 1. The van der Waals surface area contributed by atoms with E-state index in [2.05, 4.69) is 4.74 Å². The van der Waals surface area contributed by atoms with Crippen molar-refractivity contribution in [3.63, 3.8) is 0 Å². The molecule has 0 bridgehead atoms. The van der Waals surface area contributed by atoms with Crippen molar-refractivity contribution in [2.24, 2.45) is 5.92 Å². The first kappa shape index (κ1) is 15.5. The first-order chi connectivity index (χ1) is 9.77. The van der Waals surface area contributed by atoms with E-state index < -0.39 is 27.9 Å². The number of aliphatic carboxylic acids is 1. The summed E-state index contributed by atoms with van der Waals surface area (Å²) < 4.78 is 35.6. The van der Waals surface area contributed by atoms with Crippen molar-refractivity contribution >= 4 is 22.0 Å². The maximum atomic E-state index is 12.5. The van der Waals surface area contributed by atoms with Crippen LogP contribution in [0.4, 0.5) is 0 Å². The van der Waals surface area contributed by atoms with Crippen molar-refractivity contribution in [2.75, 3.05) is 20.2 Å². The fourth-order valence-corrected chi connectivity index (χ4v) is 3.87. The van der Waals surface area contributed by atoms with Gasteiger partial charge < -0.3 is 14.3 Å². The van der Waals surface area contributed by atoms with Gasteiger partial charge in [-0.25, -0.2) is 13.2 Å². The summed E-state index contributed by atoms with van der Waals surface area (Å²) in [4.78, 5) is 22.1. The zero-order chi connectivity index (χ0) is 15.8. The second kappa shape index (κ2) is 5.49. The van der Waals surface area contributed by atoms with E-state index in [-0.39, 0.29) is 35.9 Å². The molecule has 1 fully saturated rings. The number of aryl methyl sites for hydroxylation is 1. The summed E-state index contributed by atoms with van der Waals surface area (Å²) in [5.41, 5.74) is 0. The molecule has 0 saturated carbocycles. The standard InChI is InChI=1S/C12H15NO7S/c1-7-10(5-9(20-7)12(16)19-2)21(17,18)13-4-3-8(6-13)11(14)15/h5,8H,3-4,6H2,1-2H3,(H,14,15). The molecule has 0 aliphatic carbocycles. The molecule has 2 heterocycles. The Kier molecular flexibility index (Phi) is 4.06. The molecule has 1 aliphatic heterocycles. The molecule has 0 radical (unpaired) electrons. The second-order valence-corrected chi connectivity index (χ2v) is 6.62. The van der Waals surface area contributed by atoms with Crippen LogP contribution in [0.25, 0.3) is 0 Å². The Hall–Kier alpha value is -1.87. The number of furan rings is 1. The minimum absolute atomic E-state index is 0.0641. The van der Waals surface area contributed by atoms with E-state index in [0.29, 0.717) is 0 Å². The van der Waals surface area contributed by atoms with Crippen LogP contribution in [-0.2, 0) is 19.6 Å². The number of nitrogens with zero attached hydrogens (tertiary/aromatic N) is 1. The largest absolute Gasteiger partial charge is 0.481 e. The number of carboxylic acid groups (broad SMARTS) is 1. The minimum atomic E-state index is -3.89. The number of esters is 1. The highest BCUT2D eigenvalue weighted by molar-refractivity contribution is 7.89. The number of carbonyl (C=O) groups excluding carboxylic acids is 1. The van der Waals surface area contributed by atoms with Crippen LogP contribution in [0.2, 0.25) is 0 Å². The van der Waals surface area contributed by atoms with E-state index >= 15 is 0 Å². The zero-order valence-corrected chi connectivity index (χ0v) is 12.3. The van der Waals surface area contributed by atoms with Crippen molar-refractivity contribution in [3.8, 4) is 0 Å². The lowest BCUT2D eigenvalue weighted by molar-refractivity contribution is -0.141. The molecule has 1 aromatic heterocycles. The van der Waals surface area contributed by atoms with Crippen molar-refractivity contribution in [3.05, 3.63) is 17.6 Å². The second-order valence-electron chi connectivity index (χ2n) is 4.71. The average Bonchev–Trinajstić information content (AvgIpc) is 3.04. The van der Waals surface area contributed by atoms with Gasteiger partial charge in [0.1, 0.15) is 10.7 Å². The van der Waals surface area contributed by atoms with Crippen molar-refractivity contribution in [2.45, 2.75) is 18.2 Å². The van der Waals surface area contributed by atoms with Crippen LogP contribution in [0.15, 0.2) is 15.4 Å². The maximum absolute atomic E-state index is 12.5. The summed E-state index contributed by atoms with van der Waals surface area (Å²) in [6.07, 6.45) is 0.259. The van der Waals surface area contributed by atoms with Gasteiger partial charge in [-0.1, -0.05) is 0 Å². The molecular weight excluding hydrogens is 302 g/mol. The summed E-state index contributed by atoms with van der Waals surface area (Å²) in [5.74, 6) is -2.65. The van der Waals surface area contributed by atoms with Crippen LogP contribution in [0, 0.1) is 12.8 Å². The number of rotatable bonds is 4. The van der Waals surface area contributed by atoms with Crippen molar-refractivity contribution < 1.29 is 32.3 Å². The Morgan fingerprint density at radius 3 is 2.67 bits per heavy atom. The summed E-state index contributed by atoms with van der Waals surface area (Å²) >= 11 is 0. The predicted octanol–water partition coefficient (Wildman–Crippen LogP) is 0.470. The van der Waals surface area contributed by atoms with E-state index in [9.17, 15) is 18.0 Å². The van der Waals surface area contributed by atoms with E-state index in [1.165, 1.54) is 6.92 Å². The number of carbonyl (C=O) groups is 2. The third kappa shape index (κ3) is 2.79. The number of carboxylic acids is 1. The van der Waals surface area contributed by atoms with Gasteiger partial charge in [0.05, 0.1) is 13.0 Å². The van der Waals surface area contributed by atoms with Gasteiger partial charge in [0, 0.05) is 19.2 Å². The van der Waals surface area contributed by atoms with Gasteiger partial charge >= 0.3 is 11.9 Å². The van der Waals surface area contributed by atoms with E-state index in [4.69, 9.17) is 9.52 Å². The summed E-state index contributed by atoms with van der Waals surface area (Å²) in [6, 6.07) is 1.10. The van der Waals surface area contributed by atoms with Gasteiger partial charge in [-0.2, -0.15) is 4.31 Å². The Morgan fingerprint density at radius 1 is 1.48 bits per heavy atom. The van der Waals surface area contributed by atoms with Crippen molar-refractivity contribution in [1.82, 2.24) is 4.31 Å². The minimum Gasteiger partial charge on any atom is -0.481 e. The third-order valence-corrected chi connectivity index (χ3v) is 5.35. The lowest BCUT2D eigenvalue weighted by atomic mass is 10.1. The first-order valence-electron chi connectivity index (χ1n) is 6.19. The number of ether oxygens (including phenoxy) is 1. The molecule has 0 amide bonds. The lowest BCUT2D eigenvalue weighted by Gasteiger charge is -2.14. The molecule has 0 aromatic carbocycles. The maximum Gasteiger partial charge on any atom is 0.373 e. The Morgan fingerprint density at radius 2 is 2.14 bits per heavy atom. The average molecular weight is 317 g/mol. The van der Waals surface area contributed by atoms with Crippen LogP contribution in [-0.4, -0.2) is 50.0 Å². The van der Waals surface area contributed by atoms with Crippen LogP contribution < -0.4 is 0 Å². The number of sulfonamides is 1. The fraction of sp³-hybridized carbons (Fsp3) is 0.500. The Labute approximate surface area is 121 Å². The molecule has 1 aliphatic rings. The first-order valence-corrected chi connectivity index (χ1v) is 7.63. The van der Waals surface area contributed by atoms with E-state index in [1.807, 2.05) is 0 Å². The highest BCUT2D eigenvalue weighted by Crippen LogP contribution is 2.28. The van der Waals surface area contributed by atoms with E-state index in [1.54, 1.807) is 0 Å². The molecule has 2 rings (SSSR count). The predicted molar refractivity (Wildman–Crippen MR) is 69.3 cm³/mol. The molecule has 21 heavy (non-hydrogen) atoms.